The molecule has 1 aliphatic carbocycles. The summed E-state index contributed by atoms with van der Waals surface area (Å²) in [4.78, 5) is 28.7. The summed E-state index contributed by atoms with van der Waals surface area (Å²) in [5.41, 5.74) is 0.553. The van der Waals surface area contributed by atoms with E-state index in [1.807, 2.05) is 0 Å². The highest BCUT2D eigenvalue weighted by molar-refractivity contribution is 8.15. The molecule has 3 rings (SSSR count). The van der Waals surface area contributed by atoms with Crippen LogP contribution in [0, 0.1) is 0 Å². The van der Waals surface area contributed by atoms with Crippen molar-refractivity contribution in [2.24, 2.45) is 4.99 Å². The molecular formula is C16H17Cl2N3O2S. The zero-order valence-corrected chi connectivity index (χ0v) is 15.2. The minimum absolute atomic E-state index is 0.0838. The lowest BCUT2D eigenvalue weighted by molar-refractivity contribution is -0.122. The van der Waals surface area contributed by atoms with Gasteiger partial charge >= 0.3 is 0 Å². The molecule has 1 saturated carbocycles. The van der Waals surface area contributed by atoms with Gasteiger partial charge in [-0.2, -0.15) is 0 Å². The molecule has 0 aromatic heterocycles. The molecule has 1 aliphatic heterocycles. The van der Waals surface area contributed by atoms with Crippen LogP contribution in [-0.4, -0.2) is 28.3 Å². The number of nitrogens with zero attached hydrogens (tertiary/aromatic N) is 1. The van der Waals surface area contributed by atoms with E-state index in [-0.39, 0.29) is 18.2 Å². The molecule has 2 amide bonds. The zero-order valence-electron chi connectivity index (χ0n) is 12.9. The number of hydrogen-bond donors (Lipinski definition) is 2. The van der Waals surface area contributed by atoms with E-state index in [1.165, 1.54) is 24.6 Å². The summed E-state index contributed by atoms with van der Waals surface area (Å²) >= 11 is 13.1. The third-order valence-electron chi connectivity index (χ3n) is 3.98. The molecular weight excluding hydrogens is 369 g/mol. The molecule has 0 radical (unpaired) electrons. The van der Waals surface area contributed by atoms with Crippen LogP contribution in [0.2, 0.25) is 10.0 Å². The van der Waals surface area contributed by atoms with Crippen LogP contribution < -0.4 is 10.6 Å². The summed E-state index contributed by atoms with van der Waals surface area (Å²) in [7, 11) is 0. The van der Waals surface area contributed by atoms with Crippen LogP contribution in [0.3, 0.4) is 0 Å². The Bertz CT molecular complexity index is 690. The van der Waals surface area contributed by atoms with Crippen LogP contribution in [-0.2, 0) is 9.59 Å². The highest BCUT2D eigenvalue weighted by atomic mass is 35.5. The second-order valence-corrected chi connectivity index (χ2v) is 7.86. The van der Waals surface area contributed by atoms with Gasteiger partial charge in [0.1, 0.15) is 5.25 Å². The lowest BCUT2D eigenvalue weighted by Crippen LogP contribution is -2.28. The van der Waals surface area contributed by atoms with E-state index in [0.29, 0.717) is 26.9 Å². The van der Waals surface area contributed by atoms with E-state index in [9.17, 15) is 9.59 Å². The van der Waals surface area contributed by atoms with Gasteiger partial charge in [-0.3, -0.25) is 14.6 Å². The van der Waals surface area contributed by atoms with Gasteiger partial charge in [0.05, 0.1) is 16.1 Å². The Morgan fingerprint density at radius 3 is 2.75 bits per heavy atom. The SMILES string of the molecule is O=C(C[C@H]1SC(=NC2CCCC2)NC1=O)Nc1ccc(Cl)c(Cl)c1. The second kappa shape index (κ2) is 7.76. The van der Waals surface area contributed by atoms with Crippen molar-refractivity contribution in [3.63, 3.8) is 0 Å². The fourth-order valence-electron chi connectivity index (χ4n) is 2.75. The van der Waals surface area contributed by atoms with Crippen molar-refractivity contribution in [3.05, 3.63) is 28.2 Å². The Kier molecular flexibility index (Phi) is 5.69. The number of benzene rings is 1. The van der Waals surface area contributed by atoms with Crippen LogP contribution in [0.4, 0.5) is 5.69 Å². The minimum Gasteiger partial charge on any atom is -0.326 e. The molecule has 2 N–H and O–H groups in total. The Labute approximate surface area is 154 Å². The predicted molar refractivity (Wildman–Crippen MR) is 98.9 cm³/mol. The molecule has 0 spiro atoms. The monoisotopic (exact) mass is 385 g/mol. The van der Waals surface area contributed by atoms with Gasteiger partial charge in [0.2, 0.25) is 11.8 Å². The molecule has 0 unspecified atom stereocenters. The summed E-state index contributed by atoms with van der Waals surface area (Å²) < 4.78 is 0. The number of thioether (sulfide) groups is 1. The van der Waals surface area contributed by atoms with E-state index in [2.05, 4.69) is 15.6 Å². The predicted octanol–water partition coefficient (Wildman–Crippen LogP) is 3.85. The Morgan fingerprint density at radius 2 is 2.04 bits per heavy atom. The first-order valence-corrected chi connectivity index (χ1v) is 9.45. The summed E-state index contributed by atoms with van der Waals surface area (Å²) in [6.07, 6.45) is 4.61. The summed E-state index contributed by atoms with van der Waals surface area (Å²) in [5, 5.41) is 6.48. The van der Waals surface area contributed by atoms with Crippen molar-refractivity contribution in [1.29, 1.82) is 0 Å². The molecule has 1 saturated heterocycles. The zero-order chi connectivity index (χ0) is 17.1. The number of amidine groups is 1. The Hall–Kier alpha value is -1.24. The van der Waals surface area contributed by atoms with Crippen molar-refractivity contribution in [2.75, 3.05) is 5.32 Å². The molecule has 24 heavy (non-hydrogen) atoms. The minimum atomic E-state index is -0.451. The smallest absolute Gasteiger partial charge is 0.240 e. The number of anilines is 1. The van der Waals surface area contributed by atoms with Crippen LogP contribution in [0.15, 0.2) is 23.2 Å². The fraction of sp³-hybridized carbons (Fsp3) is 0.438. The lowest BCUT2D eigenvalue weighted by atomic mass is 10.2. The quantitative estimate of drug-likeness (QED) is 0.826. The average molecular weight is 386 g/mol. The van der Waals surface area contributed by atoms with Gasteiger partial charge in [-0.1, -0.05) is 47.8 Å². The number of amides is 2. The normalized spacial score (nSPS) is 22.8. The van der Waals surface area contributed by atoms with Gasteiger partial charge in [-0.05, 0) is 31.0 Å². The lowest BCUT2D eigenvalue weighted by Gasteiger charge is -2.08. The third kappa shape index (κ3) is 4.43. The number of rotatable bonds is 4. The molecule has 128 valence electrons. The molecule has 1 aromatic carbocycles. The van der Waals surface area contributed by atoms with Gasteiger partial charge in [0.15, 0.2) is 5.17 Å². The first-order valence-electron chi connectivity index (χ1n) is 7.81. The van der Waals surface area contributed by atoms with E-state index >= 15 is 0 Å². The number of aliphatic imine (C=N–C) groups is 1. The molecule has 2 aliphatic rings. The second-order valence-electron chi connectivity index (χ2n) is 5.85. The molecule has 5 nitrogen and oxygen atoms in total. The third-order valence-corrected chi connectivity index (χ3v) is 5.81. The van der Waals surface area contributed by atoms with Gasteiger partial charge in [-0.25, -0.2) is 0 Å². The number of halogens is 2. The molecule has 1 aromatic rings. The molecule has 1 heterocycles. The Balaban J connectivity index is 1.56. The Morgan fingerprint density at radius 1 is 1.29 bits per heavy atom. The summed E-state index contributed by atoms with van der Waals surface area (Å²) in [5.74, 6) is -0.413. The highest BCUT2D eigenvalue weighted by Gasteiger charge is 2.32. The largest absolute Gasteiger partial charge is 0.326 e. The molecule has 2 fully saturated rings. The molecule has 8 heteroatoms. The number of carbonyl (C=O) groups is 2. The van der Waals surface area contributed by atoms with Gasteiger partial charge in [-0.15, -0.1) is 0 Å². The highest BCUT2D eigenvalue weighted by Crippen LogP contribution is 2.28. The van der Waals surface area contributed by atoms with Gasteiger partial charge in [0.25, 0.3) is 0 Å². The van der Waals surface area contributed by atoms with Crippen LogP contribution >= 0.6 is 35.0 Å². The standard InChI is InChI=1S/C16H17Cl2N3O2S/c17-11-6-5-10(7-12(11)18)19-14(22)8-13-15(23)21-16(24-13)20-9-3-1-2-4-9/h5-7,9,13H,1-4,8H2,(H,19,22)(H,20,21,23)/t13-/m1/s1. The summed E-state index contributed by atoms with van der Waals surface area (Å²) in [6.45, 7) is 0. The van der Waals surface area contributed by atoms with Crippen LogP contribution in [0.1, 0.15) is 32.1 Å². The van der Waals surface area contributed by atoms with Gasteiger partial charge < -0.3 is 10.6 Å². The topological polar surface area (TPSA) is 70.6 Å². The first kappa shape index (κ1) is 17.6. The molecule has 1 atom stereocenters. The van der Waals surface area contributed by atoms with E-state index in [0.717, 1.165) is 12.8 Å². The van der Waals surface area contributed by atoms with Gasteiger partial charge in [0, 0.05) is 12.1 Å². The number of carbonyl (C=O) groups excluding carboxylic acids is 2. The van der Waals surface area contributed by atoms with Crippen molar-refractivity contribution >= 4 is 57.6 Å². The van der Waals surface area contributed by atoms with Crippen molar-refractivity contribution in [1.82, 2.24) is 5.32 Å². The maximum atomic E-state index is 12.1. The number of hydrogen-bond acceptors (Lipinski definition) is 4. The average Bonchev–Trinajstić information content (AvgIpc) is 3.14. The van der Waals surface area contributed by atoms with Crippen LogP contribution in [0.5, 0.6) is 0 Å². The van der Waals surface area contributed by atoms with Crippen molar-refractivity contribution in [2.45, 2.75) is 43.4 Å². The fourth-order valence-corrected chi connectivity index (χ4v) is 4.09. The maximum Gasteiger partial charge on any atom is 0.240 e. The summed E-state index contributed by atoms with van der Waals surface area (Å²) in [6, 6.07) is 5.16. The number of nitrogens with one attached hydrogen (secondary N) is 2. The van der Waals surface area contributed by atoms with E-state index in [1.54, 1.807) is 18.2 Å². The van der Waals surface area contributed by atoms with E-state index in [4.69, 9.17) is 23.2 Å². The van der Waals surface area contributed by atoms with Crippen molar-refractivity contribution < 1.29 is 9.59 Å². The van der Waals surface area contributed by atoms with E-state index < -0.39 is 5.25 Å². The first-order chi connectivity index (χ1) is 11.5. The molecule has 0 bridgehead atoms. The van der Waals surface area contributed by atoms with Crippen LogP contribution in [0.25, 0.3) is 0 Å². The maximum absolute atomic E-state index is 12.1. The van der Waals surface area contributed by atoms with Crippen molar-refractivity contribution in [3.8, 4) is 0 Å².